The van der Waals surface area contributed by atoms with Crippen LogP contribution in [0.5, 0.6) is 0 Å². The molecule has 0 saturated carbocycles. The minimum atomic E-state index is -1.48. The van der Waals surface area contributed by atoms with Crippen molar-refractivity contribution in [1.82, 2.24) is 14.8 Å². The quantitative estimate of drug-likeness (QED) is 0.504. The van der Waals surface area contributed by atoms with Crippen molar-refractivity contribution in [2.24, 2.45) is 0 Å². The number of hydrogen-bond acceptors (Lipinski definition) is 5. The fourth-order valence-corrected chi connectivity index (χ4v) is 4.09. The maximum atomic E-state index is 13.4. The summed E-state index contributed by atoms with van der Waals surface area (Å²) in [6, 6.07) is 3.62. The number of fused-ring (bicyclic) bond motifs is 1. The Labute approximate surface area is 203 Å². The van der Waals surface area contributed by atoms with Crippen molar-refractivity contribution in [2.75, 3.05) is 28.7 Å². The molecule has 3 heterocycles. The number of hydrogen-bond donors (Lipinski definition) is 1. The van der Waals surface area contributed by atoms with Gasteiger partial charge in [0.1, 0.15) is 11.9 Å². The summed E-state index contributed by atoms with van der Waals surface area (Å²) in [7, 11) is 1.91. The maximum Gasteiger partial charge on any atom is 0.249 e. The van der Waals surface area contributed by atoms with Gasteiger partial charge in [0.2, 0.25) is 5.91 Å². The van der Waals surface area contributed by atoms with E-state index in [4.69, 9.17) is 0 Å². The number of anilines is 3. The second kappa shape index (κ2) is 10.4. The number of halogens is 3. The van der Waals surface area contributed by atoms with E-state index in [2.05, 4.69) is 15.4 Å². The van der Waals surface area contributed by atoms with Gasteiger partial charge in [-0.15, -0.1) is 0 Å². The maximum absolute atomic E-state index is 13.4. The average Bonchev–Trinajstić information content (AvgIpc) is 3.24. The highest BCUT2D eigenvalue weighted by molar-refractivity contribution is 7.59. The zero-order valence-corrected chi connectivity index (χ0v) is 20.1. The highest BCUT2D eigenvalue weighted by Crippen LogP contribution is 2.36. The second-order valence-electron chi connectivity index (χ2n) is 7.95. The summed E-state index contributed by atoms with van der Waals surface area (Å²) in [5.41, 5.74) is 2.82. The number of amides is 1. The molecule has 182 valence electrons. The smallest absolute Gasteiger partial charge is 0.249 e. The van der Waals surface area contributed by atoms with E-state index < -0.39 is 17.5 Å². The molecule has 1 aliphatic rings. The molecule has 3 aromatic rings. The van der Waals surface area contributed by atoms with Gasteiger partial charge in [0.25, 0.3) is 0 Å². The van der Waals surface area contributed by atoms with Crippen LogP contribution in [0.15, 0.2) is 36.8 Å². The third kappa shape index (κ3) is 4.84. The monoisotopic (exact) mass is 492 g/mol. The van der Waals surface area contributed by atoms with Crippen LogP contribution in [0, 0.1) is 17.5 Å². The van der Waals surface area contributed by atoms with E-state index in [1.165, 1.54) is 4.68 Å². The molecule has 7 nitrogen and oxygen atoms in total. The van der Waals surface area contributed by atoms with Gasteiger partial charge in [0, 0.05) is 38.0 Å². The Morgan fingerprint density at radius 1 is 1.03 bits per heavy atom. The normalized spacial score (nSPS) is 15.2. The van der Waals surface area contributed by atoms with E-state index in [9.17, 15) is 18.0 Å². The molecule has 1 amide bonds. The zero-order chi connectivity index (χ0) is 23.7. The molecule has 0 fully saturated rings. The Balaban J connectivity index is 0.00000324. The molecule has 0 spiro atoms. The number of aromatic nitrogens is 3. The lowest BCUT2D eigenvalue weighted by atomic mass is 10.1. The predicted molar refractivity (Wildman–Crippen MR) is 130 cm³/mol. The fraction of sp³-hybridized carbons (Fsp3) is 0.348. The lowest BCUT2D eigenvalue weighted by molar-refractivity contribution is -0.120. The molecule has 11 heteroatoms. The van der Waals surface area contributed by atoms with Gasteiger partial charge in [0.05, 0.1) is 30.3 Å². The van der Waals surface area contributed by atoms with Gasteiger partial charge >= 0.3 is 0 Å². The number of carbonyl (C=O) groups is 1. The molecule has 4 rings (SSSR count). The molecular formula is C23H27F3N6OS. The Hall–Kier alpha value is -3.21. The lowest BCUT2D eigenvalue weighted by Gasteiger charge is -2.40. The average molecular weight is 493 g/mol. The molecule has 0 bridgehead atoms. The minimum Gasteiger partial charge on any atom is -0.366 e. The van der Waals surface area contributed by atoms with Crippen LogP contribution in [0.1, 0.15) is 31.4 Å². The molecule has 1 aromatic carbocycles. The minimum absolute atomic E-state index is 0. The van der Waals surface area contributed by atoms with Gasteiger partial charge < -0.3 is 15.1 Å². The third-order valence-corrected chi connectivity index (χ3v) is 5.80. The first-order valence-corrected chi connectivity index (χ1v) is 10.7. The Kier molecular flexibility index (Phi) is 7.75. The number of pyridine rings is 1. The van der Waals surface area contributed by atoms with Crippen LogP contribution in [0.2, 0.25) is 0 Å². The van der Waals surface area contributed by atoms with Crippen LogP contribution in [-0.4, -0.2) is 40.3 Å². The van der Waals surface area contributed by atoms with Crippen LogP contribution in [0.3, 0.4) is 0 Å². The number of likely N-dealkylation sites (N-methyl/N-ethyl adjacent to an activating group) is 2. The number of carbonyl (C=O) groups excluding carboxylic acids is 1. The van der Waals surface area contributed by atoms with Crippen LogP contribution in [0.4, 0.5) is 30.4 Å². The Morgan fingerprint density at radius 3 is 2.38 bits per heavy atom. The first-order chi connectivity index (χ1) is 15.8. The van der Waals surface area contributed by atoms with Crippen molar-refractivity contribution in [3.63, 3.8) is 0 Å². The number of nitrogens with zero attached hydrogens (tertiary/aromatic N) is 5. The summed E-state index contributed by atoms with van der Waals surface area (Å²) in [5, 5.41) is 7.45. The van der Waals surface area contributed by atoms with Crippen molar-refractivity contribution in [1.29, 1.82) is 0 Å². The summed E-state index contributed by atoms with van der Waals surface area (Å²) in [5.74, 6) is -3.21. The van der Waals surface area contributed by atoms with Crippen molar-refractivity contribution < 1.29 is 18.0 Å². The highest BCUT2D eigenvalue weighted by Gasteiger charge is 2.34. The van der Waals surface area contributed by atoms with E-state index >= 15 is 0 Å². The molecule has 1 aliphatic heterocycles. The van der Waals surface area contributed by atoms with E-state index in [1.54, 1.807) is 23.5 Å². The molecule has 2 aromatic heterocycles. The molecule has 34 heavy (non-hydrogen) atoms. The van der Waals surface area contributed by atoms with Crippen LogP contribution in [-0.2, 0) is 17.9 Å². The molecule has 1 N–H and O–H groups in total. The van der Waals surface area contributed by atoms with Gasteiger partial charge in [-0.3, -0.25) is 9.48 Å². The lowest BCUT2D eigenvalue weighted by Crippen LogP contribution is -2.51. The van der Waals surface area contributed by atoms with E-state index in [-0.39, 0.29) is 37.6 Å². The molecule has 0 aliphatic carbocycles. The van der Waals surface area contributed by atoms with Gasteiger partial charge in [-0.1, -0.05) is 6.92 Å². The van der Waals surface area contributed by atoms with Crippen LogP contribution < -0.4 is 15.1 Å². The summed E-state index contributed by atoms with van der Waals surface area (Å²) in [6.07, 6.45) is 5.78. The van der Waals surface area contributed by atoms with Crippen molar-refractivity contribution in [2.45, 2.75) is 39.4 Å². The SMILES string of the molecule is CC[C@H]1C(=O)N(CC)c2cnc(NCc3cnn(Cc4cc(F)c(F)c(F)c4)c3)cc2N1C.S. The molecular weight excluding hydrogens is 465 g/mol. The largest absolute Gasteiger partial charge is 0.366 e. The van der Waals surface area contributed by atoms with Crippen molar-refractivity contribution >= 4 is 36.6 Å². The predicted octanol–water partition coefficient (Wildman–Crippen LogP) is 4.05. The topological polar surface area (TPSA) is 66.3 Å². The van der Waals surface area contributed by atoms with Gasteiger partial charge in [-0.05, 0) is 31.0 Å². The van der Waals surface area contributed by atoms with E-state index in [1.807, 2.05) is 31.9 Å². The van der Waals surface area contributed by atoms with E-state index in [0.29, 0.717) is 25.3 Å². The van der Waals surface area contributed by atoms with Crippen molar-refractivity contribution in [3.8, 4) is 0 Å². The number of nitrogens with one attached hydrogen (secondary N) is 1. The Bertz CT molecular complexity index is 1160. The first kappa shape index (κ1) is 25.4. The molecule has 0 radical (unpaired) electrons. The van der Waals surface area contributed by atoms with Crippen molar-refractivity contribution in [3.05, 3.63) is 65.4 Å². The van der Waals surface area contributed by atoms with Gasteiger partial charge in [-0.25, -0.2) is 18.2 Å². The van der Waals surface area contributed by atoms with Gasteiger partial charge in [0.15, 0.2) is 17.5 Å². The Morgan fingerprint density at radius 2 is 1.74 bits per heavy atom. The van der Waals surface area contributed by atoms with Crippen LogP contribution >= 0.6 is 13.5 Å². The summed E-state index contributed by atoms with van der Waals surface area (Å²) >= 11 is 0. The fourth-order valence-electron chi connectivity index (χ4n) is 4.09. The standard InChI is InChI=1S/C23H25F3N6O.H2S/c1-4-18-23(33)32(5-2)20-11-28-21(8-19(20)30(18)3)27-9-15-10-29-31(13-15)12-14-6-16(24)22(26)17(25)7-14;/h6-8,10-11,13,18H,4-5,9,12H2,1-3H3,(H,27,28);1H2/t18-;/m0./s1. The second-order valence-corrected chi connectivity index (χ2v) is 7.95. The highest BCUT2D eigenvalue weighted by atomic mass is 32.1. The number of rotatable bonds is 7. The summed E-state index contributed by atoms with van der Waals surface area (Å²) in [4.78, 5) is 20.9. The molecule has 0 unspecified atom stereocenters. The molecule has 0 saturated heterocycles. The number of benzene rings is 1. The van der Waals surface area contributed by atoms with E-state index in [0.717, 1.165) is 29.1 Å². The third-order valence-electron chi connectivity index (χ3n) is 5.80. The van der Waals surface area contributed by atoms with Crippen LogP contribution in [0.25, 0.3) is 0 Å². The van der Waals surface area contributed by atoms with Gasteiger partial charge in [-0.2, -0.15) is 18.6 Å². The summed E-state index contributed by atoms with van der Waals surface area (Å²) in [6.45, 7) is 5.04. The summed E-state index contributed by atoms with van der Waals surface area (Å²) < 4.78 is 41.5. The molecule has 1 atom stereocenters. The first-order valence-electron chi connectivity index (χ1n) is 10.7. The zero-order valence-electron chi connectivity index (χ0n) is 19.1.